The molecule has 0 unspecified atom stereocenters. The van der Waals surface area contributed by atoms with Gasteiger partial charge < -0.3 is 15.2 Å². The molecular formula is C15H13ClFNO3. The van der Waals surface area contributed by atoms with Crippen molar-refractivity contribution in [1.29, 1.82) is 0 Å². The van der Waals surface area contributed by atoms with Gasteiger partial charge >= 0.3 is 5.97 Å². The van der Waals surface area contributed by atoms with Crippen LogP contribution in [0, 0.1) is 5.82 Å². The highest BCUT2D eigenvalue weighted by Gasteiger charge is 2.08. The minimum absolute atomic E-state index is 0.174. The zero-order valence-corrected chi connectivity index (χ0v) is 11.8. The highest BCUT2D eigenvalue weighted by molar-refractivity contribution is 6.30. The Hall–Kier alpha value is -2.27. The van der Waals surface area contributed by atoms with Crippen molar-refractivity contribution in [2.45, 2.75) is 6.61 Å². The lowest BCUT2D eigenvalue weighted by Crippen LogP contribution is -2.15. The molecule has 0 radical (unpaired) electrons. The van der Waals surface area contributed by atoms with Gasteiger partial charge in [-0.15, -0.1) is 0 Å². The van der Waals surface area contributed by atoms with Crippen LogP contribution in [0.2, 0.25) is 5.02 Å². The summed E-state index contributed by atoms with van der Waals surface area (Å²) in [5.74, 6) is -0.616. The molecule has 2 N–H and O–H groups in total. The van der Waals surface area contributed by atoms with Crippen molar-refractivity contribution in [3.05, 3.63) is 58.9 Å². The summed E-state index contributed by atoms with van der Waals surface area (Å²) in [5, 5.41) is 0.286. The average molecular weight is 310 g/mol. The Bertz CT molecular complexity index is 631. The van der Waals surface area contributed by atoms with E-state index in [1.807, 2.05) is 0 Å². The van der Waals surface area contributed by atoms with Crippen molar-refractivity contribution in [3.63, 3.8) is 0 Å². The number of rotatable bonds is 5. The maximum Gasteiger partial charge on any atom is 0.344 e. The fraction of sp³-hybridized carbons (Fsp3) is 0.133. The molecule has 110 valence electrons. The van der Waals surface area contributed by atoms with Crippen LogP contribution in [0.4, 0.5) is 10.1 Å². The zero-order chi connectivity index (χ0) is 15.2. The van der Waals surface area contributed by atoms with Crippen molar-refractivity contribution in [2.75, 3.05) is 12.3 Å². The van der Waals surface area contributed by atoms with Crippen molar-refractivity contribution in [1.82, 2.24) is 0 Å². The summed E-state index contributed by atoms with van der Waals surface area (Å²) in [6, 6.07) is 10.7. The Kier molecular flexibility index (Phi) is 5.00. The summed E-state index contributed by atoms with van der Waals surface area (Å²) < 4.78 is 23.6. The van der Waals surface area contributed by atoms with E-state index in [0.29, 0.717) is 11.4 Å². The number of anilines is 1. The number of esters is 1. The summed E-state index contributed by atoms with van der Waals surface area (Å²) in [6.45, 7) is -0.438. The van der Waals surface area contributed by atoms with E-state index in [2.05, 4.69) is 0 Å². The van der Waals surface area contributed by atoms with Crippen LogP contribution in [0.5, 0.6) is 5.75 Å². The normalized spacial score (nSPS) is 10.2. The number of hydrogen-bond acceptors (Lipinski definition) is 4. The molecule has 0 fully saturated rings. The van der Waals surface area contributed by atoms with E-state index in [9.17, 15) is 9.18 Å². The van der Waals surface area contributed by atoms with Gasteiger partial charge in [0.05, 0.1) is 0 Å². The first-order chi connectivity index (χ1) is 10.0. The minimum atomic E-state index is -0.596. The summed E-state index contributed by atoms with van der Waals surface area (Å²) in [6.07, 6.45) is 0. The van der Waals surface area contributed by atoms with E-state index in [1.54, 1.807) is 24.3 Å². The van der Waals surface area contributed by atoms with E-state index in [-0.39, 0.29) is 23.8 Å². The van der Waals surface area contributed by atoms with Crippen LogP contribution in [0.3, 0.4) is 0 Å². The Morgan fingerprint density at radius 3 is 2.57 bits per heavy atom. The Balaban J connectivity index is 1.80. The van der Waals surface area contributed by atoms with Gasteiger partial charge in [0.25, 0.3) is 0 Å². The molecule has 0 aromatic heterocycles. The van der Waals surface area contributed by atoms with Gasteiger partial charge in [-0.25, -0.2) is 9.18 Å². The number of carbonyl (C=O) groups is 1. The Morgan fingerprint density at radius 1 is 1.19 bits per heavy atom. The Labute approximate surface area is 126 Å². The molecule has 6 heteroatoms. The summed E-state index contributed by atoms with van der Waals surface area (Å²) in [4.78, 5) is 11.5. The number of halogens is 2. The van der Waals surface area contributed by atoms with E-state index >= 15 is 0 Å². The predicted octanol–water partition coefficient (Wildman–Crippen LogP) is 3.18. The van der Waals surface area contributed by atoms with E-state index < -0.39 is 11.8 Å². The molecular weight excluding hydrogens is 297 g/mol. The van der Waals surface area contributed by atoms with Gasteiger partial charge in [-0.05, 0) is 36.4 Å². The first-order valence-electron chi connectivity index (χ1n) is 6.12. The molecule has 0 spiro atoms. The molecule has 2 aromatic carbocycles. The van der Waals surface area contributed by atoms with Gasteiger partial charge in [0.15, 0.2) is 6.61 Å². The monoisotopic (exact) mass is 309 g/mol. The number of benzene rings is 2. The topological polar surface area (TPSA) is 61.5 Å². The number of ether oxygens (including phenoxy) is 2. The lowest BCUT2D eigenvalue weighted by atomic mass is 10.2. The largest absolute Gasteiger partial charge is 0.482 e. The van der Waals surface area contributed by atoms with Crippen LogP contribution in [-0.4, -0.2) is 12.6 Å². The van der Waals surface area contributed by atoms with Gasteiger partial charge in [-0.2, -0.15) is 0 Å². The molecule has 0 atom stereocenters. The molecule has 0 aliphatic rings. The second-order valence-corrected chi connectivity index (χ2v) is 4.69. The first-order valence-corrected chi connectivity index (χ1v) is 6.50. The molecule has 2 aromatic rings. The predicted molar refractivity (Wildman–Crippen MR) is 77.6 cm³/mol. The second-order valence-electron chi connectivity index (χ2n) is 4.25. The first kappa shape index (κ1) is 15.1. The third-order valence-corrected chi connectivity index (χ3v) is 2.88. The van der Waals surface area contributed by atoms with E-state index in [0.717, 1.165) is 6.07 Å². The van der Waals surface area contributed by atoms with Gasteiger partial charge in [-0.3, -0.25) is 0 Å². The molecule has 0 aliphatic carbocycles. The van der Waals surface area contributed by atoms with Crippen LogP contribution < -0.4 is 10.5 Å². The number of nitrogens with two attached hydrogens (primary N) is 1. The standard InChI is InChI=1S/C15H13ClFNO3/c16-11-2-1-10(14(17)7-11)8-21-15(19)9-20-13-5-3-12(18)4-6-13/h1-7H,8-9,18H2. The summed E-state index contributed by atoms with van der Waals surface area (Å²) in [7, 11) is 0. The third-order valence-electron chi connectivity index (χ3n) is 2.64. The number of nitrogen functional groups attached to an aromatic ring is 1. The lowest BCUT2D eigenvalue weighted by molar-refractivity contribution is -0.147. The van der Waals surface area contributed by atoms with E-state index in [4.69, 9.17) is 26.8 Å². The molecule has 0 bridgehead atoms. The maximum absolute atomic E-state index is 13.5. The van der Waals surface area contributed by atoms with Crippen LogP contribution in [0.25, 0.3) is 0 Å². The highest BCUT2D eigenvalue weighted by atomic mass is 35.5. The molecule has 0 aliphatic heterocycles. The van der Waals surface area contributed by atoms with Gasteiger partial charge in [0, 0.05) is 16.3 Å². The quantitative estimate of drug-likeness (QED) is 0.680. The molecule has 0 amide bonds. The zero-order valence-electron chi connectivity index (χ0n) is 11.0. The van der Waals surface area contributed by atoms with Crippen LogP contribution in [0.15, 0.2) is 42.5 Å². The SMILES string of the molecule is Nc1ccc(OCC(=O)OCc2ccc(Cl)cc2F)cc1. The molecule has 0 saturated heterocycles. The molecule has 0 heterocycles. The van der Waals surface area contributed by atoms with Crippen LogP contribution in [-0.2, 0) is 16.1 Å². The highest BCUT2D eigenvalue weighted by Crippen LogP contribution is 2.16. The van der Waals surface area contributed by atoms with Crippen molar-refractivity contribution in [2.24, 2.45) is 0 Å². The summed E-state index contributed by atoms with van der Waals surface area (Å²) >= 11 is 5.63. The van der Waals surface area contributed by atoms with Gasteiger partial charge in [0.2, 0.25) is 0 Å². The molecule has 4 nitrogen and oxygen atoms in total. The smallest absolute Gasteiger partial charge is 0.344 e. The maximum atomic E-state index is 13.5. The van der Waals surface area contributed by atoms with E-state index in [1.165, 1.54) is 12.1 Å². The fourth-order valence-corrected chi connectivity index (χ4v) is 1.70. The summed E-state index contributed by atoms with van der Waals surface area (Å²) in [5.41, 5.74) is 6.38. The number of carbonyl (C=O) groups excluding carboxylic acids is 1. The van der Waals surface area contributed by atoms with Gasteiger partial charge in [-0.1, -0.05) is 17.7 Å². The average Bonchev–Trinajstić information content (AvgIpc) is 2.46. The molecule has 0 saturated carbocycles. The molecule has 21 heavy (non-hydrogen) atoms. The second kappa shape index (κ2) is 6.95. The minimum Gasteiger partial charge on any atom is -0.482 e. The van der Waals surface area contributed by atoms with Crippen molar-refractivity contribution < 1.29 is 18.7 Å². The fourth-order valence-electron chi connectivity index (χ4n) is 1.54. The van der Waals surface area contributed by atoms with Gasteiger partial charge in [0.1, 0.15) is 18.2 Å². The lowest BCUT2D eigenvalue weighted by Gasteiger charge is -2.08. The molecule has 2 rings (SSSR count). The van der Waals surface area contributed by atoms with Crippen LogP contribution in [0.1, 0.15) is 5.56 Å². The number of hydrogen-bond donors (Lipinski definition) is 1. The van der Waals surface area contributed by atoms with Crippen molar-refractivity contribution >= 4 is 23.3 Å². The van der Waals surface area contributed by atoms with Crippen molar-refractivity contribution in [3.8, 4) is 5.75 Å². The Morgan fingerprint density at radius 2 is 1.90 bits per heavy atom. The van der Waals surface area contributed by atoms with Crippen LogP contribution >= 0.6 is 11.6 Å². The third kappa shape index (κ3) is 4.65.